The molecule has 3 nitrogen and oxygen atoms in total. The van der Waals surface area contributed by atoms with E-state index in [-0.39, 0.29) is 11.1 Å². The highest BCUT2D eigenvalue weighted by molar-refractivity contribution is 7.88. The summed E-state index contributed by atoms with van der Waals surface area (Å²) in [5.41, 5.74) is 1.04. The minimum absolute atomic E-state index is 0.275. The van der Waals surface area contributed by atoms with Gasteiger partial charge in [0, 0.05) is 5.39 Å². The number of alkyl halides is 3. The molecule has 0 unspecified atom stereocenters. The van der Waals surface area contributed by atoms with Crippen molar-refractivity contribution in [3.63, 3.8) is 0 Å². The molecule has 0 bridgehead atoms. The van der Waals surface area contributed by atoms with Gasteiger partial charge in [0.15, 0.2) is 5.75 Å². The highest BCUT2D eigenvalue weighted by Gasteiger charge is 2.48. The van der Waals surface area contributed by atoms with Crippen LogP contribution in [0, 0.1) is 0 Å². The van der Waals surface area contributed by atoms with Gasteiger partial charge in [-0.05, 0) is 67.7 Å². The Bertz CT molecular complexity index is 1710. The summed E-state index contributed by atoms with van der Waals surface area (Å²) in [5.74, 6) is -0.364. The van der Waals surface area contributed by atoms with Gasteiger partial charge in [-0.25, -0.2) is 0 Å². The van der Waals surface area contributed by atoms with Crippen LogP contribution in [0.4, 0.5) is 13.2 Å². The second kappa shape index (κ2) is 7.08. The Hall–Kier alpha value is -3.84. The van der Waals surface area contributed by atoms with E-state index >= 15 is 0 Å². The second-order valence-corrected chi connectivity index (χ2v) is 9.65. The van der Waals surface area contributed by atoms with Crippen molar-refractivity contribution in [3.05, 3.63) is 91.0 Å². The Morgan fingerprint density at radius 2 is 1.26 bits per heavy atom. The molecule has 6 rings (SSSR count). The molecule has 0 aromatic heterocycles. The lowest BCUT2D eigenvalue weighted by atomic mass is 9.93. The van der Waals surface area contributed by atoms with Crippen LogP contribution >= 0.6 is 0 Å². The Morgan fingerprint density at radius 1 is 0.618 bits per heavy atom. The van der Waals surface area contributed by atoms with Crippen LogP contribution in [0.2, 0.25) is 0 Å². The van der Waals surface area contributed by atoms with E-state index in [0.29, 0.717) is 5.39 Å². The molecule has 0 aliphatic heterocycles. The third-order valence-corrected chi connectivity index (χ3v) is 7.15. The van der Waals surface area contributed by atoms with Crippen LogP contribution in [0.5, 0.6) is 5.75 Å². The SMILES string of the molecule is O=S(=O)(Oc1cccc2cc(-c3ccc4c5c(cccc35)-c3ccccc3-4)ccc12)C(F)(F)F. The number of rotatable bonds is 3. The lowest BCUT2D eigenvalue weighted by Crippen LogP contribution is -2.28. The van der Waals surface area contributed by atoms with Gasteiger partial charge >= 0.3 is 15.6 Å². The number of hydrogen-bond donors (Lipinski definition) is 0. The molecule has 5 aromatic rings. The zero-order chi connectivity index (χ0) is 23.7. The molecule has 0 saturated heterocycles. The van der Waals surface area contributed by atoms with Crippen LogP contribution < -0.4 is 4.18 Å². The van der Waals surface area contributed by atoms with Gasteiger partial charge in [-0.15, -0.1) is 0 Å². The molecule has 1 aliphatic rings. The predicted octanol–water partition coefficient (Wildman–Crippen LogP) is 7.54. The first-order valence-corrected chi connectivity index (χ1v) is 11.8. The van der Waals surface area contributed by atoms with Crippen LogP contribution in [-0.4, -0.2) is 13.9 Å². The first-order chi connectivity index (χ1) is 16.2. The number of halogens is 3. The zero-order valence-electron chi connectivity index (χ0n) is 17.4. The molecule has 0 saturated carbocycles. The topological polar surface area (TPSA) is 43.4 Å². The van der Waals surface area contributed by atoms with Gasteiger partial charge in [0.25, 0.3) is 0 Å². The molecule has 5 aromatic carbocycles. The molecule has 168 valence electrons. The summed E-state index contributed by atoms with van der Waals surface area (Å²) in [7, 11) is -5.76. The zero-order valence-corrected chi connectivity index (χ0v) is 18.2. The maximum atomic E-state index is 12.8. The third-order valence-electron chi connectivity index (χ3n) is 6.18. The molecule has 0 fully saturated rings. The molecule has 0 spiro atoms. The molecule has 1 aliphatic carbocycles. The lowest BCUT2D eigenvalue weighted by molar-refractivity contribution is -0.0499. The van der Waals surface area contributed by atoms with Crippen molar-refractivity contribution in [2.24, 2.45) is 0 Å². The first kappa shape index (κ1) is 20.7. The maximum Gasteiger partial charge on any atom is 0.534 e. The fraction of sp³-hybridized carbons (Fsp3) is 0.0370. The molecule has 0 heterocycles. The van der Waals surface area contributed by atoms with Crippen molar-refractivity contribution in [1.29, 1.82) is 0 Å². The average Bonchev–Trinajstić information content (AvgIpc) is 3.14. The normalized spacial score (nSPS) is 12.8. The number of hydrogen-bond acceptors (Lipinski definition) is 3. The van der Waals surface area contributed by atoms with Gasteiger partial charge in [0.2, 0.25) is 0 Å². The van der Waals surface area contributed by atoms with Crippen molar-refractivity contribution in [2.45, 2.75) is 5.51 Å². The molecule has 34 heavy (non-hydrogen) atoms. The molecule has 0 amide bonds. The molecule has 7 heteroatoms. The second-order valence-electron chi connectivity index (χ2n) is 8.11. The van der Waals surface area contributed by atoms with Crippen LogP contribution in [-0.2, 0) is 10.1 Å². The number of fused-ring (bicyclic) bond motifs is 4. The maximum absolute atomic E-state index is 12.8. The van der Waals surface area contributed by atoms with Crippen LogP contribution in [0.25, 0.3) is 54.9 Å². The van der Waals surface area contributed by atoms with E-state index in [1.807, 2.05) is 30.3 Å². The van der Waals surface area contributed by atoms with Crippen molar-refractivity contribution < 1.29 is 25.8 Å². The Balaban J connectivity index is 1.50. The molecular formula is C27H15F3O3S. The van der Waals surface area contributed by atoms with E-state index in [9.17, 15) is 21.6 Å². The van der Waals surface area contributed by atoms with Gasteiger partial charge in [0.05, 0.1) is 0 Å². The van der Waals surface area contributed by atoms with Crippen molar-refractivity contribution in [1.82, 2.24) is 0 Å². The first-order valence-electron chi connectivity index (χ1n) is 10.4. The van der Waals surface area contributed by atoms with Gasteiger partial charge in [-0.2, -0.15) is 21.6 Å². The quantitative estimate of drug-likeness (QED) is 0.196. The van der Waals surface area contributed by atoms with Gasteiger partial charge < -0.3 is 4.18 Å². The minimum Gasteiger partial charge on any atom is -0.375 e. The van der Waals surface area contributed by atoms with E-state index in [1.54, 1.807) is 18.2 Å². The minimum atomic E-state index is -5.76. The smallest absolute Gasteiger partial charge is 0.375 e. The summed E-state index contributed by atoms with van der Waals surface area (Å²) in [4.78, 5) is 0. The van der Waals surface area contributed by atoms with E-state index in [1.165, 1.54) is 34.4 Å². The van der Waals surface area contributed by atoms with Crippen molar-refractivity contribution in [2.75, 3.05) is 0 Å². The standard InChI is InChI=1S/C27H15F3O3S/c28-27(29,30)34(31,32)33-25-10-3-5-16-15-17(11-12-19(16)25)18-13-14-24-21-7-2-1-6-20(21)23-9-4-8-22(18)26(23)24/h1-15H. The number of benzene rings is 5. The lowest BCUT2D eigenvalue weighted by Gasteiger charge is -2.13. The summed E-state index contributed by atoms with van der Waals surface area (Å²) in [5, 5.41) is 3.07. The summed E-state index contributed by atoms with van der Waals surface area (Å²) in [6, 6.07) is 28.1. The Labute approximate surface area is 193 Å². The summed E-state index contributed by atoms with van der Waals surface area (Å²) in [6.07, 6.45) is 0. The summed E-state index contributed by atoms with van der Waals surface area (Å²) in [6.45, 7) is 0. The molecule has 0 radical (unpaired) electrons. The fourth-order valence-electron chi connectivity index (χ4n) is 4.72. The Kier molecular flexibility index (Phi) is 4.32. The molecule has 0 atom stereocenters. The highest BCUT2D eigenvalue weighted by Crippen LogP contribution is 2.49. The van der Waals surface area contributed by atoms with E-state index in [4.69, 9.17) is 0 Å². The summed E-state index contributed by atoms with van der Waals surface area (Å²) < 4.78 is 65.9. The largest absolute Gasteiger partial charge is 0.534 e. The highest BCUT2D eigenvalue weighted by atomic mass is 32.2. The van der Waals surface area contributed by atoms with Gasteiger partial charge in [-0.1, -0.05) is 72.8 Å². The van der Waals surface area contributed by atoms with Gasteiger partial charge in [-0.3, -0.25) is 0 Å². The predicted molar refractivity (Wildman–Crippen MR) is 127 cm³/mol. The molecular weight excluding hydrogens is 461 g/mol. The van der Waals surface area contributed by atoms with Crippen molar-refractivity contribution >= 4 is 31.7 Å². The van der Waals surface area contributed by atoms with Crippen LogP contribution in [0.3, 0.4) is 0 Å². The van der Waals surface area contributed by atoms with Gasteiger partial charge in [0.1, 0.15) is 0 Å². The monoisotopic (exact) mass is 476 g/mol. The van der Waals surface area contributed by atoms with E-state index in [2.05, 4.69) is 34.5 Å². The summed E-state index contributed by atoms with van der Waals surface area (Å²) >= 11 is 0. The Morgan fingerprint density at radius 3 is 2.00 bits per heavy atom. The fourth-order valence-corrected chi connectivity index (χ4v) is 5.20. The van der Waals surface area contributed by atoms with E-state index < -0.39 is 15.6 Å². The average molecular weight is 476 g/mol. The van der Waals surface area contributed by atoms with Crippen LogP contribution in [0.1, 0.15) is 0 Å². The van der Waals surface area contributed by atoms with E-state index in [0.717, 1.165) is 21.9 Å². The van der Waals surface area contributed by atoms with Crippen molar-refractivity contribution in [3.8, 4) is 39.1 Å². The molecule has 0 N–H and O–H groups in total. The third kappa shape index (κ3) is 3.00. The van der Waals surface area contributed by atoms with Crippen LogP contribution in [0.15, 0.2) is 91.0 Å².